The zero-order valence-corrected chi connectivity index (χ0v) is 11.7. The molecule has 1 aromatic heterocycles. The average Bonchev–Trinajstić information content (AvgIpc) is 2.37. The third-order valence-electron chi connectivity index (χ3n) is 3.52. The first-order valence-corrected chi connectivity index (χ1v) is 6.94. The van der Waals surface area contributed by atoms with Gasteiger partial charge >= 0.3 is 0 Å². The largest absolute Gasteiger partial charge is 0.338 e. The minimum absolute atomic E-state index is 0.439. The molecule has 1 aliphatic rings. The van der Waals surface area contributed by atoms with Crippen molar-refractivity contribution >= 4 is 5.95 Å². The van der Waals surface area contributed by atoms with Gasteiger partial charge in [0.05, 0.1) is 0 Å². The highest BCUT2D eigenvalue weighted by Crippen LogP contribution is 2.17. The lowest BCUT2D eigenvalue weighted by atomic mass is 9.99. The molecule has 0 spiro atoms. The van der Waals surface area contributed by atoms with E-state index in [-0.39, 0.29) is 0 Å². The monoisotopic (exact) mass is 248 g/mol. The first kappa shape index (κ1) is 13.3. The van der Waals surface area contributed by atoms with Crippen molar-refractivity contribution in [2.45, 2.75) is 39.7 Å². The maximum absolute atomic E-state index is 4.55. The minimum Gasteiger partial charge on any atom is -0.338 e. The summed E-state index contributed by atoms with van der Waals surface area (Å²) in [4.78, 5) is 11.3. The molecule has 1 N–H and O–H groups in total. The average molecular weight is 248 g/mol. The Morgan fingerprint density at radius 1 is 1.50 bits per heavy atom. The molecule has 1 atom stereocenters. The molecule has 0 radical (unpaired) electrons. The van der Waals surface area contributed by atoms with E-state index in [1.165, 1.54) is 19.4 Å². The fourth-order valence-electron chi connectivity index (χ4n) is 2.46. The van der Waals surface area contributed by atoms with Crippen molar-refractivity contribution in [2.75, 3.05) is 24.5 Å². The second-order valence-corrected chi connectivity index (χ2v) is 5.46. The number of nitrogens with one attached hydrogen (secondary N) is 1. The van der Waals surface area contributed by atoms with Crippen LogP contribution in [0.2, 0.25) is 0 Å². The number of hydrogen-bond donors (Lipinski definition) is 1. The van der Waals surface area contributed by atoms with Crippen LogP contribution in [-0.4, -0.2) is 35.6 Å². The van der Waals surface area contributed by atoms with Gasteiger partial charge in [-0.05, 0) is 58.7 Å². The number of nitrogens with zero attached hydrogens (tertiary/aromatic N) is 3. The SMILES string of the molecule is Cc1ccnc(N(CC2CCCNC2)C(C)C)n1. The first-order chi connectivity index (χ1) is 8.66. The molecule has 0 bridgehead atoms. The third kappa shape index (κ3) is 3.42. The van der Waals surface area contributed by atoms with Gasteiger partial charge in [-0.25, -0.2) is 9.97 Å². The predicted octanol–water partition coefficient (Wildman–Crippen LogP) is 2.00. The Bertz CT molecular complexity index is 372. The van der Waals surface area contributed by atoms with E-state index in [1.807, 2.05) is 19.2 Å². The lowest BCUT2D eigenvalue weighted by Gasteiger charge is -2.32. The molecule has 1 unspecified atom stereocenters. The van der Waals surface area contributed by atoms with Gasteiger partial charge in [-0.1, -0.05) is 0 Å². The molecule has 100 valence electrons. The maximum atomic E-state index is 4.55. The van der Waals surface area contributed by atoms with E-state index in [2.05, 4.69) is 34.0 Å². The highest BCUT2D eigenvalue weighted by Gasteiger charge is 2.20. The predicted molar refractivity (Wildman–Crippen MR) is 74.8 cm³/mol. The smallest absolute Gasteiger partial charge is 0.225 e. The van der Waals surface area contributed by atoms with Crippen LogP contribution in [0.25, 0.3) is 0 Å². The van der Waals surface area contributed by atoms with Crippen LogP contribution in [0.4, 0.5) is 5.95 Å². The Morgan fingerprint density at radius 2 is 2.33 bits per heavy atom. The van der Waals surface area contributed by atoms with E-state index >= 15 is 0 Å². The molecule has 0 saturated carbocycles. The van der Waals surface area contributed by atoms with Crippen LogP contribution < -0.4 is 10.2 Å². The Hall–Kier alpha value is -1.16. The van der Waals surface area contributed by atoms with Gasteiger partial charge in [-0.3, -0.25) is 0 Å². The van der Waals surface area contributed by atoms with Gasteiger partial charge < -0.3 is 10.2 Å². The summed E-state index contributed by atoms with van der Waals surface area (Å²) in [5.74, 6) is 1.58. The van der Waals surface area contributed by atoms with Crippen molar-refractivity contribution in [3.63, 3.8) is 0 Å². The van der Waals surface area contributed by atoms with Gasteiger partial charge in [-0.2, -0.15) is 0 Å². The van der Waals surface area contributed by atoms with Gasteiger partial charge in [0.25, 0.3) is 0 Å². The summed E-state index contributed by atoms with van der Waals surface area (Å²) in [5, 5.41) is 3.47. The summed E-state index contributed by atoms with van der Waals surface area (Å²) in [5.41, 5.74) is 1.03. The summed E-state index contributed by atoms with van der Waals surface area (Å²) in [6, 6.07) is 2.39. The number of rotatable bonds is 4. The second-order valence-electron chi connectivity index (χ2n) is 5.46. The molecule has 1 aromatic rings. The molecule has 1 saturated heterocycles. The van der Waals surface area contributed by atoms with Crippen LogP contribution >= 0.6 is 0 Å². The molecule has 0 aliphatic carbocycles. The van der Waals surface area contributed by atoms with Gasteiger partial charge in [0.2, 0.25) is 5.95 Å². The summed E-state index contributed by atoms with van der Waals surface area (Å²) < 4.78 is 0. The molecule has 4 nitrogen and oxygen atoms in total. The Balaban J connectivity index is 2.07. The van der Waals surface area contributed by atoms with E-state index in [1.54, 1.807) is 0 Å². The normalized spacial score (nSPS) is 20.1. The van der Waals surface area contributed by atoms with Crippen molar-refractivity contribution < 1.29 is 0 Å². The highest BCUT2D eigenvalue weighted by atomic mass is 15.3. The highest BCUT2D eigenvalue weighted by molar-refractivity contribution is 5.31. The molecule has 2 heterocycles. The van der Waals surface area contributed by atoms with Crippen LogP contribution in [0.1, 0.15) is 32.4 Å². The van der Waals surface area contributed by atoms with Crippen LogP contribution in [0, 0.1) is 12.8 Å². The lowest BCUT2D eigenvalue weighted by Crippen LogP contribution is -2.42. The van der Waals surface area contributed by atoms with Gasteiger partial charge in [-0.15, -0.1) is 0 Å². The van der Waals surface area contributed by atoms with E-state index in [0.717, 1.165) is 24.7 Å². The molecular formula is C14H24N4. The molecule has 18 heavy (non-hydrogen) atoms. The molecule has 0 aromatic carbocycles. The minimum atomic E-state index is 0.439. The van der Waals surface area contributed by atoms with Crippen molar-refractivity contribution in [3.05, 3.63) is 18.0 Å². The quantitative estimate of drug-likeness (QED) is 0.885. The summed E-state index contributed by atoms with van der Waals surface area (Å²) in [6.07, 6.45) is 4.44. The lowest BCUT2D eigenvalue weighted by molar-refractivity contribution is 0.369. The van der Waals surface area contributed by atoms with Crippen LogP contribution in [0.3, 0.4) is 0 Å². The van der Waals surface area contributed by atoms with Gasteiger partial charge in [0.15, 0.2) is 0 Å². The number of aromatic nitrogens is 2. The number of hydrogen-bond acceptors (Lipinski definition) is 4. The summed E-state index contributed by atoms with van der Waals surface area (Å²) in [7, 11) is 0. The maximum Gasteiger partial charge on any atom is 0.225 e. The zero-order valence-electron chi connectivity index (χ0n) is 11.7. The Morgan fingerprint density at radius 3 is 2.94 bits per heavy atom. The van der Waals surface area contributed by atoms with Gasteiger partial charge in [0, 0.05) is 24.5 Å². The Labute approximate surface area is 110 Å². The van der Waals surface area contributed by atoms with Gasteiger partial charge in [0.1, 0.15) is 0 Å². The topological polar surface area (TPSA) is 41.1 Å². The van der Waals surface area contributed by atoms with Crippen LogP contribution in [0.15, 0.2) is 12.3 Å². The van der Waals surface area contributed by atoms with Crippen molar-refractivity contribution in [2.24, 2.45) is 5.92 Å². The molecular weight excluding hydrogens is 224 g/mol. The Kier molecular flexibility index (Phi) is 4.53. The molecule has 1 aliphatic heterocycles. The number of anilines is 1. The van der Waals surface area contributed by atoms with E-state index in [9.17, 15) is 0 Å². The standard InChI is InChI=1S/C14H24N4/c1-11(2)18(10-13-5-4-7-15-9-13)14-16-8-6-12(3)17-14/h6,8,11,13,15H,4-5,7,9-10H2,1-3H3. The van der Waals surface area contributed by atoms with Crippen molar-refractivity contribution in [1.29, 1.82) is 0 Å². The van der Waals surface area contributed by atoms with E-state index < -0.39 is 0 Å². The fourth-order valence-corrected chi connectivity index (χ4v) is 2.46. The fraction of sp³-hybridized carbons (Fsp3) is 0.714. The molecule has 1 fully saturated rings. The van der Waals surface area contributed by atoms with Crippen LogP contribution in [-0.2, 0) is 0 Å². The van der Waals surface area contributed by atoms with Crippen molar-refractivity contribution in [1.82, 2.24) is 15.3 Å². The van der Waals surface area contributed by atoms with Crippen LogP contribution in [0.5, 0.6) is 0 Å². The number of piperidine rings is 1. The summed E-state index contributed by atoms with van der Waals surface area (Å²) >= 11 is 0. The molecule has 4 heteroatoms. The second kappa shape index (κ2) is 6.14. The van der Waals surface area contributed by atoms with E-state index in [4.69, 9.17) is 0 Å². The van der Waals surface area contributed by atoms with E-state index in [0.29, 0.717) is 12.0 Å². The molecule has 2 rings (SSSR count). The summed E-state index contributed by atoms with van der Waals surface area (Å²) in [6.45, 7) is 9.78. The zero-order chi connectivity index (χ0) is 13.0. The first-order valence-electron chi connectivity index (χ1n) is 6.94. The number of aryl methyl sites for hydroxylation is 1. The van der Waals surface area contributed by atoms with Crippen molar-refractivity contribution in [3.8, 4) is 0 Å². The third-order valence-corrected chi connectivity index (χ3v) is 3.52. The molecule has 0 amide bonds.